The molecular formula is C35H32N2O4. The molecule has 0 unspecified atom stereocenters. The van der Waals surface area contributed by atoms with Crippen molar-refractivity contribution in [2.45, 2.75) is 46.0 Å². The van der Waals surface area contributed by atoms with Gasteiger partial charge in [-0.05, 0) is 61.4 Å². The minimum Gasteiger partial charge on any atom is -0.318 e. The number of carbonyl (C=O) groups is 3. The highest BCUT2D eigenvalue weighted by Gasteiger charge is 2.19. The second-order valence-corrected chi connectivity index (χ2v) is 10.1. The quantitative estimate of drug-likeness (QED) is 0.0553. The molecule has 0 N–H and O–H groups in total. The number of nitrogens with zero attached hydrogens (tertiary/aromatic N) is 2. The summed E-state index contributed by atoms with van der Waals surface area (Å²) < 4.78 is 2.13. The molecule has 0 spiro atoms. The van der Waals surface area contributed by atoms with Crippen LogP contribution in [0.15, 0.2) is 102 Å². The SMILES string of the molecule is CCCCCCC(=NOC(C)=O)C(=O)c1ccc2c(c1)c1ccccc1n2-c1ccc(C(=O)c2ccccc2)cc1. The Morgan fingerprint density at radius 3 is 2.10 bits per heavy atom. The molecule has 206 valence electrons. The molecule has 4 aromatic carbocycles. The van der Waals surface area contributed by atoms with Gasteiger partial charge in [-0.3, -0.25) is 9.59 Å². The van der Waals surface area contributed by atoms with E-state index in [0.29, 0.717) is 23.1 Å². The summed E-state index contributed by atoms with van der Waals surface area (Å²) in [6, 6.07) is 30.5. The van der Waals surface area contributed by atoms with Crippen LogP contribution in [0.1, 0.15) is 72.2 Å². The van der Waals surface area contributed by atoms with E-state index in [1.165, 1.54) is 6.92 Å². The Bertz CT molecular complexity index is 1750. The number of Topliss-reactive ketones (excluding diaryl/α,β-unsaturated/α-hetero) is 1. The molecular weight excluding hydrogens is 512 g/mol. The van der Waals surface area contributed by atoms with Crippen molar-refractivity contribution in [2.24, 2.45) is 5.16 Å². The maximum absolute atomic E-state index is 13.5. The summed E-state index contributed by atoms with van der Waals surface area (Å²) in [5, 5.41) is 5.85. The number of hydrogen-bond donors (Lipinski definition) is 0. The Balaban J connectivity index is 1.52. The number of benzene rings is 4. The molecule has 5 aromatic rings. The summed E-state index contributed by atoms with van der Waals surface area (Å²) in [5.41, 5.74) is 4.84. The number of carbonyl (C=O) groups excluding carboxylic acids is 3. The van der Waals surface area contributed by atoms with Gasteiger partial charge in [-0.15, -0.1) is 0 Å². The van der Waals surface area contributed by atoms with E-state index in [1.54, 1.807) is 6.07 Å². The molecule has 0 saturated heterocycles. The van der Waals surface area contributed by atoms with Crippen molar-refractivity contribution in [2.75, 3.05) is 0 Å². The van der Waals surface area contributed by atoms with Crippen LogP contribution in [0.3, 0.4) is 0 Å². The van der Waals surface area contributed by atoms with Crippen LogP contribution in [0.5, 0.6) is 0 Å². The topological polar surface area (TPSA) is 77.7 Å². The maximum Gasteiger partial charge on any atom is 0.331 e. The van der Waals surface area contributed by atoms with Gasteiger partial charge >= 0.3 is 5.97 Å². The number of ketones is 2. The van der Waals surface area contributed by atoms with Crippen molar-refractivity contribution in [3.8, 4) is 5.69 Å². The molecule has 0 amide bonds. The van der Waals surface area contributed by atoms with Gasteiger partial charge in [-0.2, -0.15) is 0 Å². The molecule has 0 aliphatic heterocycles. The molecule has 6 heteroatoms. The number of aromatic nitrogens is 1. The van der Waals surface area contributed by atoms with Crippen LogP contribution in [0.4, 0.5) is 0 Å². The van der Waals surface area contributed by atoms with Gasteiger partial charge in [0.2, 0.25) is 5.78 Å². The zero-order chi connectivity index (χ0) is 28.8. The Morgan fingerprint density at radius 1 is 0.707 bits per heavy atom. The van der Waals surface area contributed by atoms with Crippen molar-refractivity contribution < 1.29 is 19.2 Å². The van der Waals surface area contributed by atoms with E-state index < -0.39 is 5.97 Å². The van der Waals surface area contributed by atoms with Crippen LogP contribution in [0, 0.1) is 0 Å². The number of hydrogen-bond acceptors (Lipinski definition) is 5. The van der Waals surface area contributed by atoms with Gasteiger partial charge in [-0.1, -0.05) is 79.9 Å². The van der Waals surface area contributed by atoms with E-state index in [-0.39, 0.29) is 17.3 Å². The van der Waals surface area contributed by atoms with Crippen LogP contribution in [-0.2, 0) is 9.63 Å². The fourth-order valence-electron chi connectivity index (χ4n) is 5.12. The molecule has 0 saturated carbocycles. The van der Waals surface area contributed by atoms with Crippen molar-refractivity contribution >= 4 is 45.1 Å². The van der Waals surface area contributed by atoms with E-state index in [9.17, 15) is 14.4 Å². The van der Waals surface area contributed by atoms with E-state index in [0.717, 1.165) is 53.2 Å². The molecule has 0 radical (unpaired) electrons. The predicted molar refractivity (Wildman–Crippen MR) is 163 cm³/mol. The molecule has 1 heterocycles. The summed E-state index contributed by atoms with van der Waals surface area (Å²) in [6.45, 7) is 3.40. The number of unbranched alkanes of at least 4 members (excludes halogenated alkanes) is 3. The summed E-state index contributed by atoms with van der Waals surface area (Å²) in [4.78, 5) is 42.8. The fourth-order valence-corrected chi connectivity index (χ4v) is 5.12. The lowest BCUT2D eigenvalue weighted by Crippen LogP contribution is -2.16. The predicted octanol–water partition coefficient (Wildman–Crippen LogP) is 8.09. The van der Waals surface area contributed by atoms with Crippen molar-refractivity contribution in [3.63, 3.8) is 0 Å². The van der Waals surface area contributed by atoms with Gasteiger partial charge in [-0.25, -0.2) is 4.79 Å². The maximum atomic E-state index is 13.5. The molecule has 1 aromatic heterocycles. The summed E-state index contributed by atoms with van der Waals surface area (Å²) in [6.07, 6.45) is 4.37. The summed E-state index contributed by atoms with van der Waals surface area (Å²) >= 11 is 0. The van der Waals surface area contributed by atoms with Gasteiger partial charge < -0.3 is 9.40 Å². The van der Waals surface area contributed by atoms with E-state index >= 15 is 0 Å². The Morgan fingerprint density at radius 2 is 1.37 bits per heavy atom. The molecule has 6 nitrogen and oxygen atoms in total. The average molecular weight is 545 g/mol. The largest absolute Gasteiger partial charge is 0.331 e. The molecule has 41 heavy (non-hydrogen) atoms. The number of oxime groups is 1. The van der Waals surface area contributed by atoms with E-state index in [2.05, 4.69) is 16.6 Å². The Hall–Kier alpha value is -4.84. The van der Waals surface area contributed by atoms with Crippen LogP contribution in [-0.4, -0.2) is 27.8 Å². The fraction of sp³-hybridized carbons (Fsp3) is 0.200. The first-order valence-corrected chi connectivity index (χ1v) is 14.0. The van der Waals surface area contributed by atoms with Gasteiger partial charge in [0, 0.05) is 40.1 Å². The lowest BCUT2D eigenvalue weighted by atomic mass is 10.00. The lowest BCUT2D eigenvalue weighted by molar-refractivity contribution is -0.140. The molecule has 0 aliphatic rings. The third kappa shape index (κ3) is 6.02. The second kappa shape index (κ2) is 12.6. The van der Waals surface area contributed by atoms with Crippen LogP contribution in [0.2, 0.25) is 0 Å². The number of para-hydroxylation sites is 1. The molecule has 0 fully saturated rings. The summed E-state index contributed by atoms with van der Waals surface area (Å²) in [5.74, 6) is -0.826. The standard InChI is InChI=1S/C35H32N2O4/c1-3-4-5-9-15-31(36-41-24(2)38)35(40)27-19-22-33-30(23-27)29-14-10-11-16-32(29)37(33)28-20-17-26(18-21-28)34(39)25-12-7-6-8-13-25/h6-8,10-14,16-23H,3-5,9,15H2,1-2H3. The minimum absolute atomic E-state index is 0.0246. The Kier molecular flexibility index (Phi) is 8.49. The molecule has 5 rings (SSSR count). The van der Waals surface area contributed by atoms with Crippen LogP contribution in [0.25, 0.3) is 27.5 Å². The van der Waals surface area contributed by atoms with Gasteiger partial charge in [0.1, 0.15) is 5.71 Å². The van der Waals surface area contributed by atoms with Crippen LogP contribution < -0.4 is 0 Å². The zero-order valence-corrected chi connectivity index (χ0v) is 23.3. The van der Waals surface area contributed by atoms with Crippen molar-refractivity contribution in [1.82, 2.24) is 4.57 Å². The molecule has 0 atom stereocenters. The number of fused-ring (bicyclic) bond motifs is 3. The smallest absolute Gasteiger partial charge is 0.318 e. The second-order valence-electron chi connectivity index (χ2n) is 10.1. The van der Waals surface area contributed by atoms with Gasteiger partial charge in [0.15, 0.2) is 5.78 Å². The highest BCUT2D eigenvalue weighted by atomic mass is 16.7. The van der Waals surface area contributed by atoms with Crippen molar-refractivity contribution in [3.05, 3.63) is 114 Å². The average Bonchev–Trinajstić information content (AvgIpc) is 3.34. The third-order valence-electron chi connectivity index (χ3n) is 7.17. The number of rotatable bonds is 11. The molecule has 0 aliphatic carbocycles. The van der Waals surface area contributed by atoms with Crippen molar-refractivity contribution in [1.29, 1.82) is 0 Å². The van der Waals surface area contributed by atoms with Crippen LogP contribution >= 0.6 is 0 Å². The zero-order valence-electron chi connectivity index (χ0n) is 23.3. The summed E-state index contributed by atoms with van der Waals surface area (Å²) in [7, 11) is 0. The lowest BCUT2D eigenvalue weighted by Gasteiger charge is -2.10. The van der Waals surface area contributed by atoms with E-state index in [1.807, 2.05) is 91.0 Å². The Labute approximate surface area is 239 Å². The minimum atomic E-state index is -0.557. The highest BCUT2D eigenvalue weighted by Crippen LogP contribution is 2.33. The first-order chi connectivity index (χ1) is 20.0. The van der Waals surface area contributed by atoms with Gasteiger partial charge in [0.25, 0.3) is 0 Å². The first-order valence-electron chi connectivity index (χ1n) is 14.0. The van der Waals surface area contributed by atoms with Gasteiger partial charge in [0.05, 0.1) is 11.0 Å². The normalized spacial score (nSPS) is 11.6. The monoisotopic (exact) mass is 544 g/mol. The first kappa shape index (κ1) is 27.7. The molecule has 0 bridgehead atoms. The van der Waals surface area contributed by atoms with E-state index in [4.69, 9.17) is 4.84 Å². The highest BCUT2D eigenvalue weighted by molar-refractivity contribution is 6.46. The third-order valence-corrected chi connectivity index (χ3v) is 7.17.